The number of benzene rings is 1. The SMILES string of the molecule is CO[C@@H]1C[C@@H]2CN(Cc3ccccc3)[C@@H]1[C@@H]2Br. The number of methoxy groups -OCH3 is 1. The van der Waals surface area contributed by atoms with Crippen LogP contribution < -0.4 is 0 Å². The van der Waals surface area contributed by atoms with Gasteiger partial charge in [0.15, 0.2) is 0 Å². The van der Waals surface area contributed by atoms with Gasteiger partial charge in [0.1, 0.15) is 0 Å². The van der Waals surface area contributed by atoms with Crippen molar-refractivity contribution in [3.05, 3.63) is 35.9 Å². The van der Waals surface area contributed by atoms with Gasteiger partial charge in [-0.25, -0.2) is 0 Å². The van der Waals surface area contributed by atoms with Gasteiger partial charge in [0, 0.05) is 31.1 Å². The molecular weight excluding hydrogens is 278 g/mol. The molecule has 2 aliphatic rings. The Kier molecular flexibility index (Phi) is 3.24. The minimum atomic E-state index is 0.404. The zero-order valence-electron chi connectivity index (χ0n) is 10.1. The Morgan fingerprint density at radius 2 is 2.12 bits per heavy atom. The van der Waals surface area contributed by atoms with Gasteiger partial charge in [0.25, 0.3) is 0 Å². The second-order valence-electron chi connectivity index (χ2n) is 5.12. The maximum Gasteiger partial charge on any atom is 0.0741 e. The molecule has 2 nitrogen and oxygen atoms in total. The highest BCUT2D eigenvalue weighted by Crippen LogP contribution is 2.44. The fraction of sp³-hybridized carbons (Fsp3) is 0.571. The lowest BCUT2D eigenvalue weighted by molar-refractivity contribution is 0.0172. The molecule has 0 unspecified atom stereocenters. The standard InChI is InChI=1S/C14H18BrNO/c1-17-12-7-11-9-16(14(12)13(11)15)8-10-5-3-2-4-6-10/h2-6,11-14H,7-9H2,1H3/t11-,12-,13-,14+/m1/s1. The molecule has 1 aliphatic carbocycles. The van der Waals surface area contributed by atoms with E-state index in [0.29, 0.717) is 17.0 Å². The zero-order chi connectivity index (χ0) is 11.8. The summed E-state index contributed by atoms with van der Waals surface area (Å²) >= 11 is 3.84. The lowest BCUT2D eigenvalue weighted by atomic mass is 10.1. The molecule has 0 N–H and O–H groups in total. The average Bonchev–Trinajstić information content (AvgIpc) is 2.83. The van der Waals surface area contributed by atoms with E-state index in [1.54, 1.807) is 0 Å². The highest BCUT2D eigenvalue weighted by molar-refractivity contribution is 9.09. The van der Waals surface area contributed by atoms with Gasteiger partial charge in [0.05, 0.1) is 6.10 Å². The first-order chi connectivity index (χ1) is 8.29. The molecule has 3 heteroatoms. The van der Waals surface area contributed by atoms with Gasteiger partial charge < -0.3 is 4.74 Å². The first kappa shape index (κ1) is 11.7. The molecule has 2 fully saturated rings. The van der Waals surface area contributed by atoms with E-state index in [1.165, 1.54) is 18.5 Å². The molecule has 1 saturated heterocycles. The Morgan fingerprint density at radius 3 is 2.76 bits per heavy atom. The van der Waals surface area contributed by atoms with Crippen LogP contribution in [-0.2, 0) is 11.3 Å². The number of hydrogen-bond acceptors (Lipinski definition) is 2. The Morgan fingerprint density at radius 1 is 1.35 bits per heavy atom. The first-order valence-corrected chi connectivity index (χ1v) is 7.16. The monoisotopic (exact) mass is 295 g/mol. The van der Waals surface area contributed by atoms with Gasteiger partial charge in [-0.2, -0.15) is 0 Å². The molecule has 1 aliphatic heterocycles. The van der Waals surface area contributed by atoms with Gasteiger partial charge in [0.2, 0.25) is 0 Å². The van der Waals surface area contributed by atoms with Crippen LogP contribution in [0.15, 0.2) is 30.3 Å². The van der Waals surface area contributed by atoms with Crippen molar-refractivity contribution >= 4 is 15.9 Å². The third kappa shape index (κ3) is 2.05. The summed E-state index contributed by atoms with van der Waals surface area (Å²) < 4.78 is 5.61. The summed E-state index contributed by atoms with van der Waals surface area (Å²) in [5.74, 6) is 0.758. The predicted molar refractivity (Wildman–Crippen MR) is 72.3 cm³/mol. The number of fused-ring (bicyclic) bond motifs is 2. The zero-order valence-corrected chi connectivity index (χ0v) is 11.6. The van der Waals surface area contributed by atoms with Gasteiger partial charge >= 0.3 is 0 Å². The normalized spacial score (nSPS) is 36.6. The summed E-state index contributed by atoms with van der Waals surface area (Å²) in [7, 11) is 1.84. The molecule has 92 valence electrons. The van der Waals surface area contributed by atoms with Crippen molar-refractivity contribution in [2.45, 2.75) is 29.9 Å². The van der Waals surface area contributed by atoms with Crippen LogP contribution in [0.5, 0.6) is 0 Å². The van der Waals surface area contributed by atoms with Crippen LogP contribution >= 0.6 is 15.9 Å². The Bertz CT molecular complexity index is 383. The van der Waals surface area contributed by atoms with E-state index in [4.69, 9.17) is 4.74 Å². The summed E-state index contributed by atoms with van der Waals surface area (Å²) in [5.41, 5.74) is 1.40. The Hall–Kier alpha value is -0.380. The van der Waals surface area contributed by atoms with Crippen LogP contribution in [0.1, 0.15) is 12.0 Å². The summed E-state index contributed by atoms with van der Waals surface area (Å²) in [6, 6.07) is 11.3. The minimum Gasteiger partial charge on any atom is -0.380 e. The lowest BCUT2D eigenvalue weighted by Gasteiger charge is -2.32. The van der Waals surface area contributed by atoms with Crippen LogP contribution in [0.3, 0.4) is 0 Å². The Labute approximate surface area is 111 Å². The molecule has 4 atom stereocenters. The molecule has 0 radical (unpaired) electrons. The summed E-state index contributed by atoms with van der Waals surface area (Å²) in [4.78, 5) is 3.17. The quantitative estimate of drug-likeness (QED) is 0.795. The molecule has 1 heterocycles. The van der Waals surface area contributed by atoms with Gasteiger partial charge in [-0.15, -0.1) is 0 Å². The molecular formula is C14H18BrNO. The van der Waals surface area contributed by atoms with Crippen molar-refractivity contribution in [2.75, 3.05) is 13.7 Å². The molecule has 3 rings (SSSR count). The number of ether oxygens (including phenoxy) is 1. The van der Waals surface area contributed by atoms with E-state index in [-0.39, 0.29) is 0 Å². The smallest absolute Gasteiger partial charge is 0.0741 e. The molecule has 1 aromatic carbocycles. The summed E-state index contributed by atoms with van der Waals surface area (Å²) in [5, 5.41) is 0. The van der Waals surface area contributed by atoms with E-state index in [2.05, 4.69) is 51.2 Å². The second-order valence-corrected chi connectivity index (χ2v) is 6.18. The van der Waals surface area contributed by atoms with Crippen LogP contribution in [0.25, 0.3) is 0 Å². The average molecular weight is 296 g/mol. The van der Waals surface area contributed by atoms with Gasteiger partial charge in [-0.1, -0.05) is 46.3 Å². The van der Waals surface area contributed by atoms with Gasteiger partial charge in [-0.3, -0.25) is 4.90 Å². The van der Waals surface area contributed by atoms with E-state index in [1.807, 2.05) is 7.11 Å². The highest BCUT2D eigenvalue weighted by Gasteiger charge is 2.51. The van der Waals surface area contributed by atoms with E-state index >= 15 is 0 Å². The third-order valence-corrected chi connectivity index (χ3v) is 5.40. The van der Waals surface area contributed by atoms with Crippen molar-refractivity contribution in [1.29, 1.82) is 0 Å². The molecule has 2 bridgehead atoms. The molecule has 0 amide bonds. The maximum absolute atomic E-state index is 5.61. The van der Waals surface area contributed by atoms with Crippen LogP contribution in [0.2, 0.25) is 0 Å². The summed E-state index contributed by atoms with van der Waals surface area (Å²) in [6.45, 7) is 2.25. The minimum absolute atomic E-state index is 0.404. The van der Waals surface area contributed by atoms with Crippen molar-refractivity contribution in [3.63, 3.8) is 0 Å². The molecule has 1 saturated carbocycles. The van der Waals surface area contributed by atoms with E-state index < -0.39 is 0 Å². The fourth-order valence-electron chi connectivity index (χ4n) is 3.31. The number of alkyl halides is 1. The second kappa shape index (κ2) is 4.71. The molecule has 1 aromatic rings. The number of nitrogens with zero attached hydrogens (tertiary/aromatic N) is 1. The molecule has 0 spiro atoms. The van der Waals surface area contributed by atoms with E-state index in [9.17, 15) is 0 Å². The number of halogens is 1. The van der Waals surface area contributed by atoms with E-state index in [0.717, 1.165) is 12.5 Å². The topological polar surface area (TPSA) is 12.5 Å². The predicted octanol–water partition coefficient (Wildman–Crippen LogP) is 2.67. The van der Waals surface area contributed by atoms with Crippen LogP contribution in [0, 0.1) is 5.92 Å². The van der Waals surface area contributed by atoms with Crippen LogP contribution in [-0.4, -0.2) is 35.5 Å². The summed E-state index contributed by atoms with van der Waals surface area (Å²) in [6.07, 6.45) is 1.62. The fourth-order valence-corrected chi connectivity index (χ4v) is 4.37. The highest BCUT2D eigenvalue weighted by atomic mass is 79.9. The van der Waals surface area contributed by atoms with Crippen molar-refractivity contribution in [1.82, 2.24) is 4.90 Å². The van der Waals surface area contributed by atoms with Crippen molar-refractivity contribution < 1.29 is 4.74 Å². The maximum atomic E-state index is 5.61. The van der Waals surface area contributed by atoms with Crippen LogP contribution in [0.4, 0.5) is 0 Å². The largest absolute Gasteiger partial charge is 0.380 e. The first-order valence-electron chi connectivity index (χ1n) is 6.24. The molecule has 0 aromatic heterocycles. The number of likely N-dealkylation sites (tertiary alicyclic amines) is 1. The van der Waals surface area contributed by atoms with Crippen molar-refractivity contribution in [3.8, 4) is 0 Å². The third-order valence-electron chi connectivity index (χ3n) is 4.11. The Balaban J connectivity index is 1.73. The van der Waals surface area contributed by atoms with Crippen molar-refractivity contribution in [2.24, 2.45) is 5.92 Å². The lowest BCUT2D eigenvalue weighted by Crippen LogP contribution is -2.42. The number of hydrogen-bond donors (Lipinski definition) is 0. The molecule has 17 heavy (non-hydrogen) atoms. The number of piperidine rings is 1. The number of rotatable bonds is 3. The van der Waals surface area contributed by atoms with Gasteiger partial charge in [-0.05, 0) is 17.9 Å².